The van der Waals surface area contributed by atoms with Crippen molar-refractivity contribution in [2.24, 2.45) is 0 Å². The molecule has 2 aromatic rings. The summed E-state index contributed by atoms with van der Waals surface area (Å²) in [5, 5.41) is 11.6. The van der Waals surface area contributed by atoms with Crippen LogP contribution in [0.25, 0.3) is 0 Å². The van der Waals surface area contributed by atoms with Crippen LogP contribution in [0.4, 0.5) is 0 Å². The van der Waals surface area contributed by atoms with Gasteiger partial charge in [0.1, 0.15) is 13.2 Å². The van der Waals surface area contributed by atoms with E-state index in [0.29, 0.717) is 16.7 Å². The SMILES string of the molecule is CC(C)(C)c1ccc(C(=O)NCC(=O)OCc2ccccc2C#N)cc1. The van der Waals surface area contributed by atoms with Crippen molar-refractivity contribution < 1.29 is 14.3 Å². The third kappa shape index (κ3) is 5.18. The topological polar surface area (TPSA) is 79.2 Å². The number of nitriles is 1. The maximum atomic E-state index is 12.1. The summed E-state index contributed by atoms with van der Waals surface area (Å²) in [7, 11) is 0. The van der Waals surface area contributed by atoms with Crippen molar-refractivity contribution in [2.75, 3.05) is 6.54 Å². The molecule has 5 nitrogen and oxygen atoms in total. The van der Waals surface area contributed by atoms with E-state index in [2.05, 4.69) is 26.1 Å². The van der Waals surface area contributed by atoms with E-state index in [9.17, 15) is 9.59 Å². The van der Waals surface area contributed by atoms with Crippen LogP contribution in [-0.4, -0.2) is 18.4 Å². The summed E-state index contributed by atoms with van der Waals surface area (Å²) in [6.45, 7) is 6.07. The third-order valence-corrected chi connectivity index (χ3v) is 3.93. The fourth-order valence-electron chi connectivity index (χ4n) is 2.34. The lowest BCUT2D eigenvalue weighted by atomic mass is 9.87. The highest BCUT2D eigenvalue weighted by molar-refractivity contribution is 5.95. The second-order valence-corrected chi connectivity index (χ2v) is 6.94. The number of esters is 1. The van der Waals surface area contributed by atoms with Crippen molar-refractivity contribution in [2.45, 2.75) is 32.8 Å². The van der Waals surface area contributed by atoms with E-state index in [0.717, 1.165) is 5.56 Å². The molecule has 5 heteroatoms. The van der Waals surface area contributed by atoms with Gasteiger partial charge in [-0.2, -0.15) is 5.26 Å². The van der Waals surface area contributed by atoms with Crippen LogP contribution in [0.3, 0.4) is 0 Å². The molecule has 0 aliphatic heterocycles. The van der Waals surface area contributed by atoms with Gasteiger partial charge in [0.05, 0.1) is 11.6 Å². The number of nitrogens with one attached hydrogen (secondary N) is 1. The molecule has 0 unspecified atom stereocenters. The Morgan fingerprint density at radius 3 is 2.35 bits per heavy atom. The first-order valence-corrected chi connectivity index (χ1v) is 8.33. The first-order chi connectivity index (χ1) is 12.3. The number of nitrogens with zero attached hydrogens (tertiary/aromatic N) is 1. The zero-order valence-electron chi connectivity index (χ0n) is 15.2. The van der Waals surface area contributed by atoms with Gasteiger partial charge in [-0.1, -0.05) is 51.1 Å². The summed E-state index contributed by atoms with van der Waals surface area (Å²) >= 11 is 0. The van der Waals surface area contributed by atoms with Gasteiger partial charge in [-0.3, -0.25) is 9.59 Å². The quantitative estimate of drug-likeness (QED) is 0.839. The maximum absolute atomic E-state index is 12.1. The molecule has 0 aliphatic rings. The molecule has 1 N–H and O–H groups in total. The molecule has 2 aromatic carbocycles. The molecule has 0 aliphatic carbocycles. The van der Waals surface area contributed by atoms with Crippen molar-refractivity contribution in [3.8, 4) is 6.07 Å². The summed E-state index contributed by atoms with van der Waals surface area (Å²) in [5.74, 6) is -0.891. The normalized spacial score (nSPS) is 10.7. The fourth-order valence-corrected chi connectivity index (χ4v) is 2.34. The van der Waals surface area contributed by atoms with Gasteiger partial charge in [0, 0.05) is 11.1 Å². The Balaban J connectivity index is 1.85. The number of amides is 1. The number of hydrogen-bond acceptors (Lipinski definition) is 4. The van der Waals surface area contributed by atoms with E-state index < -0.39 is 5.97 Å². The largest absolute Gasteiger partial charge is 0.459 e. The first kappa shape index (κ1) is 19.2. The molecule has 0 spiro atoms. The number of benzene rings is 2. The van der Waals surface area contributed by atoms with Crippen LogP contribution in [0, 0.1) is 11.3 Å². The van der Waals surface area contributed by atoms with Gasteiger partial charge in [0.2, 0.25) is 0 Å². The van der Waals surface area contributed by atoms with E-state index in [1.54, 1.807) is 36.4 Å². The van der Waals surface area contributed by atoms with Gasteiger partial charge < -0.3 is 10.1 Å². The molecule has 0 radical (unpaired) electrons. The van der Waals surface area contributed by atoms with Crippen LogP contribution in [0.1, 0.15) is 47.8 Å². The molecule has 0 aromatic heterocycles. The lowest BCUT2D eigenvalue weighted by Crippen LogP contribution is -2.30. The summed E-state index contributed by atoms with van der Waals surface area (Å²) in [6, 6.07) is 16.2. The van der Waals surface area contributed by atoms with E-state index in [1.165, 1.54) is 0 Å². The smallest absolute Gasteiger partial charge is 0.325 e. The van der Waals surface area contributed by atoms with Crippen LogP contribution < -0.4 is 5.32 Å². The summed E-state index contributed by atoms with van der Waals surface area (Å²) in [6.07, 6.45) is 0. The van der Waals surface area contributed by atoms with Crippen LogP contribution in [-0.2, 0) is 21.6 Å². The molecular formula is C21H22N2O3. The minimum absolute atomic E-state index is 0.00127. The lowest BCUT2D eigenvalue weighted by molar-refractivity contribution is -0.143. The van der Waals surface area contributed by atoms with Crippen molar-refractivity contribution in [1.82, 2.24) is 5.32 Å². The van der Waals surface area contributed by atoms with Crippen LogP contribution in [0.15, 0.2) is 48.5 Å². The Morgan fingerprint density at radius 1 is 1.08 bits per heavy atom. The minimum atomic E-state index is -0.558. The molecule has 0 saturated carbocycles. The fraction of sp³-hybridized carbons (Fsp3) is 0.286. The van der Waals surface area contributed by atoms with Crippen LogP contribution in [0.5, 0.6) is 0 Å². The zero-order valence-corrected chi connectivity index (χ0v) is 15.2. The number of carbonyl (C=O) groups excluding carboxylic acids is 2. The molecule has 0 bridgehead atoms. The second-order valence-electron chi connectivity index (χ2n) is 6.94. The Morgan fingerprint density at radius 2 is 1.73 bits per heavy atom. The molecule has 0 fully saturated rings. The van der Waals surface area contributed by atoms with Crippen molar-refractivity contribution in [3.63, 3.8) is 0 Å². The summed E-state index contributed by atoms with van der Waals surface area (Å²) in [4.78, 5) is 23.9. The van der Waals surface area contributed by atoms with Crippen molar-refractivity contribution >= 4 is 11.9 Å². The van der Waals surface area contributed by atoms with Gasteiger partial charge in [0.15, 0.2) is 0 Å². The van der Waals surface area contributed by atoms with E-state index in [4.69, 9.17) is 10.00 Å². The lowest BCUT2D eigenvalue weighted by Gasteiger charge is -2.19. The number of rotatable bonds is 5. The molecular weight excluding hydrogens is 328 g/mol. The Bertz CT molecular complexity index is 828. The molecule has 134 valence electrons. The zero-order chi connectivity index (χ0) is 19.2. The molecule has 0 saturated heterocycles. The average molecular weight is 350 g/mol. The van der Waals surface area contributed by atoms with Crippen LogP contribution in [0.2, 0.25) is 0 Å². The van der Waals surface area contributed by atoms with Gasteiger partial charge in [-0.05, 0) is 29.2 Å². The summed E-state index contributed by atoms with van der Waals surface area (Å²) < 4.78 is 5.12. The predicted molar refractivity (Wildman–Crippen MR) is 98.4 cm³/mol. The van der Waals surface area contributed by atoms with E-state index in [1.807, 2.05) is 18.2 Å². The standard InChI is InChI=1S/C21H22N2O3/c1-21(2,3)18-10-8-15(9-11-18)20(25)23-13-19(24)26-14-17-7-5-4-6-16(17)12-22/h4-11H,13-14H2,1-3H3,(H,23,25). The highest BCUT2D eigenvalue weighted by Gasteiger charge is 2.15. The average Bonchev–Trinajstić information content (AvgIpc) is 2.64. The highest BCUT2D eigenvalue weighted by atomic mass is 16.5. The van der Waals surface area contributed by atoms with Crippen LogP contribution >= 0.6 is 0 Å². The molecule has 1 amide bonds. The molecule has 0 atom stereocenters. The first-order valence-electron chi connectivity index (χ1n) is 8.33. The van der Waals surface area contributed by atoms with Crippen molar-refractivity contribution in [1.29, 1.82) is 5.26 Å². The summed E-state index contributed by atoms with van der Waals surface area (Å²) in [5.41, 5.74) is 2.72. The van der Waals surface area contributed by atoms with Crippen molar-refractivity contribution in [3.05, 3.63) is 70.8 Å². The predicted octanol–water partition coefficient (Wildman–Crippen LogP) is 3.33. The number of hydrogen-bond donors (Lipinski definition) is 1. The maximum Gasteiger partial charge on any atom is 0.325 e. The number of ether oxygens (including phenoxy) is 1. The van der Waals surface area contributed by atoms with Gasteiger partial charge in [-0.15, -0.1) is 0 Å². The van der Waals surface area contributed by atoms with Gasteiger partial charge in [0.25, 0.3) is 5.91 Å². The third-order valence-electron chi connectivity index (χ3n) is 3.93. The second kappa shape index (κ2) is 8.30. The minimum Gasteiger partial charge on any atom is -0.459 e. The van der Waals surface area contributed by atoms with E-state index in [-0.39, 0.29) is 24.5 Å². The Labute approximate surface area is 153 Å². The Hall–Kier alpha value is -3.13. The molecule has 26 heavy (non-hydrogen) atoms. The van der Waals surface area contributed by atoms with E-state index >= 15 is 0 Å². The molecule has 2 rings (SSSR count). The Kier molecular flexibility index (Phi) is 6.13. The van der Waals surface area contributed by atoms with Gasteiger partial charge in [-0.25, -0.2) is 0 Å². The molecule has 0 heterocycles. The van der Waals surface area contributed by atoms with Gasteiger partial charge >= 0.3 is 5.97 Å². The monoisotopic (exact) mass is 350 g/mol. The highest BCUT2D eigenvalue weighted by Crippen LogP contribution is 2.22. The number of carbonyl (C=O) groups is 2.